The average Bonchev–Trinajstić information content (AvgIpc) is 3.76. The molecule has 15 nitrogen and oxygen atoms in total. The van der Waals surface area contributed by atoms with Crippen molar-refractivity contribution < 1.29 is 43.8 Å². The second-order valence-electron chi connectivity index (χ2n) is 12.6. The zero-order valence-electron chi connectivity index (χ0n) is 27.7. The lowest BCUT2D eigenvalue weighted by Crippen LogP contribution is -2.59. The van der Waals surface area contributed by atoms with Crippen LogP contribution in [0.1, 0.15) is 71.3 Å². The predicted octanol–water partition coefficient (Wildman–Crippen LogP) is 0.00820. The first-order chi connectivity index (χ1) is 22.7. The van der Waals surface area contributed by atoms with Crippen molar-refractivity contribution in [3.05, 3.63) is 35.9 Å². The van der Waals surface area contributed by atoms with E-state index in [0.29, 0.717) is 32.1 Å². The highest BCUT2D eigenvalue weighted by Crippen LogP contribution is 2.22. The Hall–Kier alpha value is -4.53. The normalized spacial score (nSPS) is 20.6. The lowest BCUT2D eigenvalue weighted by Gasteiger charge is -2.31. The fourth-order valence-electron chi connectivity index (χ4n) is 6.10. The number of aliphatic carboxylic acids is 2. The molecule has 1 aromatic rings. The first kappa shape index (κ1) is 37.9. The van der Waals surface area contributed by atoms with Crippen LogP contribution in [-0.2, 0) is 40.0 Å². The van der Waals surface area contributed by atoms with Crippen molar-refractivity contribution in [1.29, 1.82) is 0 Å². The molecule has 2 aliphatic heterocycles. The van der Waals surface area contributed by atoms with Gasteiger partial charge in [0.25, 0.3) is 0 Å². The summed E-state index contributed by atoms with van der Waals surface area (Å²) in [7, 11) is 0. The Balaban J connectivity index is 1.64. The zero-order chi connectivity index (χ0) is 35.5. The van der Waals surface area contributed by atoms with Gasteiger partial charge in [-0.25, -0.2) is 4.79 Å². The highest BCUT2D eigenvalue weighted by molar-refractivity contribution is 5.96. The van der Waals surface area contributed by atoms with Gasteiger partial charge >= 0.3 is 11.9 Å². The Bertz CT molecular complexity index is 1340. The molecule has 7 atom stereocenters. The van der Waals surface area contributed by atoms with Crippen molar-refractivity contribution >= 4 is 41.5 Å². The Morgan fingerprint density at radius 1 is 0.854 bits per heavy atom. The van der Waals surface area contributed by atoms with E-state index in [4.69, 9.17) is 10.8 Å². The number of carbonyl (C=O) groups excluding carboxylic acids is 5. The van der Waals surface area contributed by atoms with Crippen LogP contribution >= 0.6 is 0 Å². The minimum atomic E-state index is -1.22. The molecule has 0 bridgehead atoms. The Kier molecular flexibility index (Phi) is 13.9. The van der Waals surface area contributed by atoms with Crippen molar-refractivity contribution in [2.75, 3.05) is 13.1 Å². The van der Waals surface area contributed by atoms with Gasteiger partial charge in [-0.1, -0.05) is 50.6 Å². The van der Waals surface area contributed by atoms with Crippen LogP contribution in [0.15, 0.2) is 30.3 Å². The first-order valence-electron chi connectivity index (χ1n) is 16.5. The summed E-state index contributed by atoms with van der Waals surface area (Å²) in [4.78, 5) is 92.0. The van der Waals surface area contributed by atoms with Gasteiger partial charge < -0.3 is 41.7 Å². The molecule has 2 fully saturated rings. The molecule has 0 aromatic heterocycles. The molecule has 264 valence electrons. The predicted molar refractivity (Wildman–Crippen MR) is 173 cm³/mol. The molecule has 1 aromatic carbocycles. The van der Waals surface area contributed by atoms with Crippen molar-refractivity contribution in [2.45, 2.75) is 108 Å². The lowest BCUT2D eigenvalue weighted by atomic mass is 9.96. The Morgan fingerprint density at radius 2 is 1.42 bits per heavy atom. The Labute approximate surface area is 280 Å². The van der Waals surface area contributed by atoms with E-state index in [0.717, 1.165) is 5.56 Å². The van der Waals surface area contributed by atoms with E-state index in [1.165, 1.54) is 16.7 Å². The van der Waals surface area contributed by atoms with Gasteiger partial charge in [-0.2, -0.15) is 0 Å². The number of nitrogens with one attached hydrogen (secondary N) is 3. The monoisotopic (exact) mass is 672 g/mol. The van der Waals surface area contributed by atoms with E-state index in [1.807, 2.05) is 6.92 Å². The average molecular weight is 673 g/mol. The summed E-state index contributed by atoms with van der Waals surface area (Å²) < 4.78 is 0. The maximum atomic E-state index is 13.6. The molecule has 2 heterocycles. The number of carboxylic acid groups (broad SMARTS) is 2. The molecule has 7 N–H and O–H groups in total. The van der Waals surface area contributed by atoms with Gasteiger partial charge in [0.05, 0.1) is 6.04 Å². The summed E-state index contributed by atoms with van der Waals surface area (Å²) in [6.45, 7) is 5.62. The van der Waals surface area contributed by atoms with Crippen molar-refractivity contribution in [2.24, 2.45) is 11.7 Å². The molecule has 3 rings (SSSR count). The molecule has 0 unspecified atom stereocenters. The molecule has 15 heteroatoms. The highest BCUT2D eigenvalue weighted by Gasteiger charge is 2.41. The quantitative estimate of drug-likeness (QED) is 0.138. The highest BCUT2D eigenvalue weighted by atomic mass is 16.4. The van der Waals surface area contributed by atoms with Crippen LogP contribution in [0.3, 0.4) is 0 Å². The van der Waals surface area contributed by atoms with E-state index in [2.05, 4.69) is 16.0 Å². The van der Waals surface area contributed by atoms with Gasteiger partial charge in [0, 0.05) is 25.9 Å². The number of nitrogens with two attached hydrogens (primary N) is 1. The molecule has 48 heavy (non-hydrogen) atoms. The van der Waals surface area contributed by atoms with Gasteiger partial charge in [0.1, 0.15) is 30.2 Å². The smallest absolute Gasteiger partial charge is 0.326 e. The largest absolute Gasteiger partial charge is 0.481 e. The minimum absolute atomic E-state index is 0.0574. The third kappa shape index (κ3) is 9.99. The zero-order valence-corrected chi connectivity index (χ0v) is 27.7. The van der Waals surface area contributed by atoms with Crippen molar-refractivity contribution in [3.8, 4) is 0 Å². The number of carboxylic acids is 2. The molecule has 2 saturated heterocycles. The van der Waals surface area contributed by atoms with Crippen LogP contribution < -0.4 is 21.7 Å². The number of rotatable bonds is 16. The summed E-state index contributed by atoms with van der Waals surface area (Å²) in [5, 5.41) is 26.7. The summed E-state index contributed by atoms with van der Waals surface area (Å²) in [6.07, 6.45) is 1.95. The topological polar surface area (TPSA) is 229 Å². The molecule has 5 amide bonds. The third-order valence-corrected chi connectivity index (χ3v) is 9.08. The standard InChI is InChI=1S/C33H48N6O9/c1-4-19(2)27(30(44)36-23(33(47)48)18-21-10-6-5-7-11-21)37-29(43)25-13-8-16-38(25)31(45)20(3)35-28(42)24-12-9-17-39(24)32(46)22(34)14-15-26(40)41/h5-7,10-11,19-20,22-25,27H,4,8-9,12-18,34H2,1-3H3,(H,35,42)(H,36,44)(H,37,43)(H,40,41)(H,47,48)/t19-,20-,22-,23-,24-,25-,27-/m0/s1. The molecule has 0 radical (unpaired) electrons. The lowest BCUT2D eigenvalue weighted by molar-refractivity contribution is -0.144. The van der Waals surface area contributed by atoms with E-state index in [9.17, 15) is 38.7 Å². The van der Waals surface area contributed by atoms with E-state index in [1.54, 1.807) is 37.3 Å². The van der Waals surface area contributed by atoms with E-state index in [-0.39, 0.29) is 38.3 Å². The fraction of sp³-hybridized carbons (Fsp3) is 0.606. The molecular formula is C33H48N6O9. The molecule has 0 aliphatic carbocycles. The van der Waals surface area contributed by atoms with Gasteiger partial charge in [0.2, 0.25) is 29.5 Å². The number of nitrogens with zero attached hydrogens (tertiary/aromatic N) is 2. The number of amides is 5. The molecule has 0 spiro atoms. The van der Waals surface area contributed by atoms with Crippen LogP contribution in [0.5, 0.6) is 0 Å². The number of benzene rings is 1. The van der Waals surface area contributed by atoms with Crippen LogP contribution in [0.2, 0.25) is 0 Å². The van der Waals surface area contributed by atoms with E-state index >= 15 is 0 Å². The van der Waals surface area contributed by atoms with Gasteiger partial charge in [0.15, 0.2) is 0 Å². The second-order valence-corrected chi connectivity index (χ2v) is 12.6. The molecular weight excluding hydrogens is 624 g/mol. The maximum Gasteiger partial charge on any atom is 0.326 e. The van der Waals surface area contributed by atoms with Crippen LogP contribution in [-0.4, -0.2) is 111 Å². The number of hydrogen-bond acceptors (Lipinski definition) is 8. The van der Waals surface area contributed by atoms with Crippen molar-refractivity contribution in [3.63, 3.8) is 0 Å². The second kappa shape index (κ2) is 17.6. The SMILES string of the molecule is CC[C@H](C)[C@H](NC(=O)[C@@H]1CCCN1C(=O)[C@H](C)NC(=O)[C@@H]1CCCN1C(=O)[C@@H](N)CCC(=O)O)C(=O)N[C@@H](Cc1ccccc1)C(=O)O. The molecule has 2 aliphatic rings. The van der Waals surface area contributed by atoms with Crippen LogP contribution in [0.25, 0.3) is 0 Å². The minimum Gasteiger partial charge on any atom is -0.481 e. The maximum absolute atomic E-state index is 13.6. The third-order valence-electron chi connectivity index (χ3n) is 9.08. The Morgan fingerprint density at radius 3 is 1.96 bits per heavy atom. The number of likely N-dealkylation sites (tertiary alicyclic amines) is 2. The fourth-order valence-corrected chi connectivity index (χ4v) is 6.10. The first-order valence-corrected chi connectivity index (χ1v) is 16.5. The van der Waals surface area contributed by atoms with Gasteiger partial charge in [-0.05, 0) is 50.5 Å². The van der Waals surface area contributed by atoms with Crippen LogP contribution in [0.4, 0.5) is 0 Å². The van der Waals surface area contributed by atoms with Crippen molar-refractivity contribution in [1.82, 2.24) is 25.8 Å². The summed E-state index contributed by atoms with van der Waals surface area (Å²) in [5.41, 5.74) is 6.62. The number of hydrogen-bond donors (Lipinski definition) is 6. The van der Waals surface area contributed by atoms with E-state index < -0.39 is 77.7 Å². The summed E-state index contributed by atoms with van der Waals surface area (Å²) in [5.74, 6) is -5.43. The van der Waals surface area contributed by atoms with Gasteiger partial charge in [-0.15, -0.1) is 0 Å². The summed E-state index contributed by atoms with van der Waals surface area (Å²) in [6, 6.07) is 2.70. The van der Waals surface area contributed by atoms with Gasteiger partial charge in [-0.3, -0.25) is 28.8 Å². The molecule has 0 saturated carbocycles. The number of carbonyl (C=O) groups is 7. The summed E-state index contributed by atoms with van der Waals surface area (Å²) >= 11 is 0. The van der Waals surface area contributed by atoms with Crippen LogP contribution in [0, 0.1) is 5.92 Å².